The Morgan fingerprint density at radius 3 is 2.74 bits per heavy atom. The molecule has 1 heterocycles. The predicted octanol–water partition coefficient (Wildman–Crippen LogP) is 2.41. The van der Waals surface area contributed by atoms with Crippen LogP contribution in [-0.4, -0.2) is 32.0 Å². The molecule has 1 amide bonds. The van der Waals surface area contributed by atoms with Crippen LogP contribution >= 0.6 is 11.8 Å². The first-order valence-corrected chi connectivity index (χ1v) is 8.25. The van der Waals surface area contributed by atoms with Gasteiger partial charge in [-0.2, -0.15) is 5.26 Å². The van der Waals surface area contributed by atoms with Gasteiger partial charge < -0.3 is 5.32 Å². The van der Waals surface area contributed by atoms with Crippen LogP contribution in [0.2, 0.25) is 0 Å². The Kier molecular flexibility index (Phi) is 5.40. The molecule has 7 heteroatoms. The minimum atomic E-state index is -0.867. The van der Waals surface area contributed by atoms with Gasteiger partial charge in [-0.25, -0.2) is 9.67 Å². The SMILES string of the molecule is CC(C)C(C)(C#N)NC(=O)CSc1ncn(-c2ccccc2)n1. The van der Waals surface area contributed by atoms with Gasteiger partial charge >= 0.3 is 0 Å². The van der Waals surface area contributed by atoms with Crippen molar-refractivity contribution in [1.29, 1.82) is 5.26 Å². The topological polar surface area (TPSA) is 83.6 Å². The van der Waals surface area contributed by atoms with Gasteiger partial charge in [-0.05, 0) is 25.0 Å². The second-order valence-electron chi connectivity index (χ2n) is 5.61. The maximum atomic E-state index is 12.0. The molecule has 23 heavy (non-hydrogen) atoms. The van der Waals surface area contributed by atoms with E-state index in [0.29, 0.717) is 5.16 Å². The number of amides is 1. The van der Waals surface area contributed by atoms with Gasteiger partial charge in [-0.15, -0.1) is 5.10 Å². The second kappa shape index (κ2) is 7.29. The minimum Gasteiger partial charge on any atom is -0.337 e. The maximum Gasteiger partial charge on any atom is 0.231 e. The van der Waals surface area contributed by atoms with Gasteiger partial charge in [-0.1, -0.05) is 43.8 Å². The Balaban J connectivity index is 1.93. The van der Waals surface area contributed by atoms with E-state index in [1.807, 2.05) is 44.2 Å². The third-order valence-electron chi connectivity index (χ3n) is 3.61. The molecule has 0 spiro atoms. The lowest BCUT2D eigenvalue weighted by Crippen LogP contribution is -2.49. The first kappa shape index (κ1) is 17.0. The molecule has 0 aliphatic rings. The smallest absolute Gasteiger partial charge is 0.231 e. The van der Waals surface area contributed by atoms with Crippen LogP contribution < -0.4 is 5.32 Å². The summed E-state index contributed by atoms with van der Waals surface area (Å²) in [4.78, 5) is 16.2. The van der Waals surface area contributed by atoms with E-state index in [1.54, 1.807) is 17.9 Å². The Hall–Kier alpha value is -2.33. The Morgan fingerprint density at radius 2 is 2.13 bits per heavy atom. The summed E-state index contributed by atoms with van der Waals surface area (Å²) in [7, 11) is 0. The third-order valence-corrected chi connectivity index (χ3v) is 4.46. The van der Waals surface area contributed by atoms with Gasteiger partial charge in [0.15, 0.2) is 0 Å². The van der Waals surface area contributed by atoms with Gasteiger partial charge in [0.05, 0.1) is 17.5 Å². The van der Waals surface area contributed by atoms with Crippen LogP contribution in [0.5, 0.6) is 0 Å². The molecule has 0 fully saturated rings. The summed E-state index contributed by atoms with van der Waals surface area (Å²) in [6, 6.07) is 11.8. The molecule has 2 aromatic rings. The fourth-order valence-electron chi connectivity index (χ4n) is 1.78. The number of nitrogens with one attached hydrogen (secondary N) is 1. The standard InChI is InChI=1S/C16H19N5OS/c1-12(2)16(3,10-17)19-14(22)9-23-15-18-11-21(20-15)13-7-5-4-6-8-13/h4-8,11-12H,9H2,1-3H3,(H,19,22). The van der Waals surface area contributed by atoms with Gasteiger partial charge in [0.25, 0.3) is 0 Å². The molecule has 120 valence electrons. The average molecular weight is 329 g/mol. The second-order valence-corrected chi connectivity index (χ2v) is 6.56. The largest absolute Gasteiger partial charge is 0.337 e. The van der Waals surface area contributed by atoms with Gasteiger partial charge in [0.1, 0.15) is 11.9 Å². The van der Waals surface area contributed by atoms with Crippen molar-refractivity contribution in [2.45, 2.75) is 31.5 Å². The Bertz CT molecular complexity index is 707. The fourth-order valence-corrected chi connectivity index (χ4v) is 2.38. The number of carbonyl (C=O) groups is 1. The quantitative estimate of drug-likeness (QED) is 0.823. The van der Waals surface area contributed by atoms with Crippen molar-refractivity contribution in [3.8, 4) is 11.8 Å². The lowest BCUT2D eigenvalue weighted by atomic mass is 9.90. The lowest BCUT2D eigenvalue weighted by Gasteiger charge is -2.27. The summed E-state index contributed by atoms with van der Waals surface area (Å²) >= 11 is 1.24. The van der Waals surface area contributed by atoms with Crippen molar-refractivity contribution in [3.05, 3.63) is 36.7 Å². The zero-order chi connectivity index (χ0) is 16.9. The van der Waals surface area contributed by atoms with E-state index in [4.69, 9.17) is 0 Å². The van der Waals surface area contributed by atoms with E-state index in [1.165, 1.54) is 11.8 Å². The first-order valence-electron chi connectivity index (χ1n) is 7.27. The van der Waals surface area contributed by atoms with Crippen molar-refractivity contribution in [1.82, 2.24) is 20.1 Å². The molecule has 0 radical (unpaired) electrons. The zero-order valence-electron chi connectivity index (χ0n) is 13.4. The molecule has 1 N–H and O–H groups in total. The first-order chi connectivity index (χ1) is 10.9. The molecule has 0 bridgehead atoms. The zero-order valence-corrected chi connectivity index (χ0v) is 14.2. The van der Waals surface area contributed by atoms with Gasteiger partial charge in [0, 0.05) is 0 Å². The predicted molar refractivity (Wildman–Crippen MR) is 89.1 cm³/mol. The monoisotopic (exact) mass is 329 g/mol. The highest BCUT2D eigenvalue weighted by molar-refractivity contribution is 7.99. The van der Waals surface area contributed by atoms with Crippen LogP contribution in [0.15, 0.2) is 41.8 Å². The molecule has 1 aromatic carbocycles. The van der Waals surface area contributed by atoms with E-state index >= 15 is 0 Å². The molecule has 0 aliphatic heterocycles. The minimum absolute atomic E-state index is 0.0249. The van der Waals surface area contributed by atoms with Crippen molar-refractivity contribution < 1.29 is 4.79 Å². The molecule has 1 aromatic heterocycles. The van der Waals surface area contributed by atoms with Crippen LogP contribution in [0.1, 0.15) is 20.8 Å². The van der Waals surface area contributed by atoms with Gasteiger partial charge in [0.2, 0.25) is 11.1 Å². The number of carbonyl (C=O) groups excluding carboxylic acids is 1. The van der Waals surface area contributed by atoms with Gasteiger partial charge in [-0.3, -0.25) is 4.79 Å². The Morgan fingerprint density at radius 1 is 1.43 bits per heavy atom. The molecule has 0 aliphatic carbocycles. The number of hydrogen-bond acceptors (Lipinski definition) is 5. The highest BCUT2D eigenvalue weighted by Crippen LogP contribution is 2.17. The van der Waals surface area contributed by atoms with E-state index in [2.05, 4.69) is 21.5 Å². The summed E-state index contributed by atoms with van der Waals surface area (Å²) in [5, 5.41) is 16.8. The molecule has 1 unspecified atom stereocenters. The van der Waals surface area contributed by atoms with E-state index in [0.717, 1.165) is 5.69 Å². The van der Waals surface area contributed by atoms with Crippen molar-refractivity contribution in [3.63, 3.8) is 0 Å². The summed E-state index contributed by atoms with van der Waals surface area (Å²) in [5.41, 5.74) is 0.0437. The van der Waals surface area contributed by atoms with Crippen molar-refractivity contribution in [2.24, 2.45) is 5.92 Å². The molecule has 0 saturated carbocycles. The molecule has 2 rings (SSSR count). The van der Waals surface area contributed by atoms with Crippen LogP contribution in [0, 0.1) is 17.2 Å². The average Bonchev–Trinajstić information content (AvgIpc) is 3.02. The normalized spacial score (nSPS) is 13.3. The highest BCUT2D eigenvalue weighted by atomic mass is 32.2. The maximum absolute atomic E-state index is 12.0. The molecule has 6 nitrogen and oxygen atoms in total. The van der Waals surface area contributed by atoms with E-state index in [-0.39, 0.29) is 17.6 Å². The Labute approximate surface area is 139 Å². The van der Waals surface area contributed by atoms with E-state index < -0.39 is 5.54 Å². The highest BCUT2D eigenvalue weighted by Gasteiger charge is 2.29. The number of nitriles is 1. The molecular weight excluding hydrogens is 310 g/mol. The molecule has 1 atom stereocenters. The number of aromatic nitrogens is 3. The van der Waals surface area contributed by atoms with Crippen LogP contribution in [0.25, 0.3) is 5.69 Å². The number of nitrogens with zero attached hydrogens (tertiary/aromatic N) is 4. The number of hydrogen-bond donors (Lipinski definition) is 1. The number of para-hydroxylation sites is 1. The number of thioether (sulfide) groups is 1. The molecular formula is C16H19N5OS. The van der Waals surface area contributed by atoms with Crippen LogP contribution in [0.3, 0.4) is 0 Å². The number of rotatable bonds is 6. The number of benzene rings is 1. The fraction of sp³-hybridized carbons (Fsp3) is 0.375. The van der Waals surface area contributed by atoms with Crippen LogP contribution in [0.4, 0.5) is 0 Å². The third kappa shape index (κ3) is 4.33. The van der Waals surface area contributed by atoms with E-state index in [9.17, 15) is 10.1 Å². The van der Waals surface area contributed by atoms with Crippen molar-refractivity contribution >= 4 is 17.7 Å². The lowest BCUT2D eigenvalue weighted by molar-refractivity contribution is -0.120. The molecule has 0 saturated heterocycles. The summed E-state index contributed by atoms with van der Waals surface area (Å²) < 4.78 is 1.66. The van der Waals surface area contributed by atoms with Crippen LogP contribution in [-0.2, 0) is 4.79 Å². The summed E-state index contributed by atoms with van der Waals surface area (Å²) in [6.45, 7) is 5.53. The summed E-state index contributed by atoms with van der Waals surface area (Å²) in [6.07, 6.45) is 1.61. The van der Waals surface area contributed by atoms with Crippen molar-refractivity contribution in [2.75, 3.05) is 5.75 Å². The summed E-state index contributed by atoms with van der Waals surface area (Å²) in [5.74, 6) is -0.0105.